The number of halogens is 1. The quantitative estimate of drug-likeness (QED) is 0.241. The average molecular weight is 601 g/mol. The fourth-order valence-corrected chi connectivity index (χ4v) is 5.78. The van der Waals surface area contributed by atoms with E-state index in [0.717, 1.165) is 32.1 Å². The number of pyridine rings is 1. The van der Waals surface area contributed by atoms with Crippen LogP contribution in [0.15, 0.2) is 24.3 Å². The highest BCUT2D eigenvalue weighted by atomic mass is 19.1. The van der Waals surface area contributed by atoms with Crippen molar-refractivity contribution in [1.29, 1.82) is 0 Å². The molecule has 0 spiro atoms. The number of nitrogens with zero attached hydrogens (tertiary/aromatic N) is 3. The van der Waals surface area contributed by atoms with Crippen LogP contribution in [-0.2, 0) is 19.1 Å². The lowest BCUT2D eigenvalue weighted by Gasteiger charge is -2.40. The lowest BCUT2D eigenvalue weighted by molar-refractivity contribution is -0.143. The van der Waals surface area contributed by atoms with Crippen molar-refractivity contribution < 1.29 is 33.0 Å². The van der Waals surface area contributed by atoms with E-state index in [1.165, 1.54) is 13.2 Å². The maximum absolute atomic E-state index is 14.8. The molecular weight excluding hydrogens is 555 g/mol. The second-order valence-electron chi connectivity index (χ2n) is 11.7. The number of hydrogen-bond donors (Lipinski definition) is 1. The monoisotopic (exact) mass is 600 g/mol. The zero-order valence-electron chi connectivity index (χ0n) is 25.8. The SMILES string of the molecule is COCCCOc1cc(C(=O)N(C(C)C)[C@@H]2CC[C@H](CCN(C(=O)CCC(=O)OC)C3CC3)NC2)nc2c(F)cccc12. The molecule has 2 heterocycles. The Bertz CT molecular complexity index is 1260. The van der Waals surface area contributed by atoms with Gasteiger partial charge in [-0.1, -0.05) is 6.07 Å². The molecule has 2 amide bonds. The van der Waals surface area contributed by atoms with Gasteiger partial charge in [-0.3, -0.25) is 14.4 Å². The number of amides is 2. The van der Waals surface area contributed by atoms with Crippen LogP contribution in [-0.4, -0.2) is 97.3 Å². The van der Waals surface area contributed by atoms with Gasteiger partial charge in [0.25, 0.3) is 5.91 Å². The molecule has 0 unspecified atom stereocenters. The summed E-state index contributed by atoms with van der Waals surface area (Å²) in [6.45, 7) is 6.09. The van der Waals surface area contributed by atoms with E-state index in [1.807, 2.05) is 23.6 Å². The first-order chi connectivity index (χ1) is 20.7. The molecule has 1 saturated heterocycles. The minimum Gasteiger partial charge on any atom is -0.493 e. The van der Waals surface area contributed by atoms with E-state index < -0.39 is 5.82 Å². The molecule has 236 valence electrons. The average Bonchev–Trinajstić information content (AvgIpc) is 3.84. The summed E-state index contributed by atoms with van der Waals surface area (Å²) in [5, 5.41) is 4.12. The normalized spacial score (nSPS) is 18.5. The van der Waals surface area contributed by atoms with E-state index in [2.05, 4.69) is 15.0 Å². The van der Waals surface area contributed by atoms with Crippen LogP contribution < -0.4 is 10.1 Å². The zero-order valence-corrected chi connectivity index (χ0v) is 25.8. The van der Waals surface area contributed by atoms with Crippen molar-refractivity contribution in [1.82, 2.24) is 20.1 Å². The molecule has 1 aliphatic carbocycles. The molecule has 10 nitrogen and oxygen atoms in total. The summed E-state index contributed by atoms with van der Waals surface area (Å²) < 4.78 is 30.6. The van der Waals surface area contributed by atoms with E-state index >= 15 is 0 Å². The van der Waals surface area contributed by atoms with Crippen LogP contribution in [0.4, 0.5) is 4.39 Å². The minimum atomic E-state index is -0.504. The maximum atomic E-state index is 14.8. The number of benzene rings is 1. The van der Waals surface area contributed by atoms with Crippen molar-refractivity contribution in [3.8, 4) is 5.75 Å². The van der Waals surface area contributed by atoms with E-state index in [9.17, 15) is 18.8 Å². The summed E-state index contributed by atoms with van der Waals surface area (Å²) in [6.07, 6.45) is 5.38. The van der Waals surface area contributed by atoms with Gasteiger partial charge in [-0.2, -0.15) is 0 Å². The smallest absolute Gasteiger partial charge is 0.306 e. The first kappa shape index (κ1) is 32.6. The third-order valence-corrected chi connectivity index (χ3v) is 8.19. The van der Waals surface area contributed by atoms with Crippen LogP contribution in [0, 0.1) is 5.82 Å². The van der Waals surface area contributed by atoms with Gasteiger partial charge in [-0.15, -0.1) is 0 Å². The molecular formula is C32H45FN4O6. The molecule has 2 fully saturated rings. The molecule has 4 rings (SSSR count). The van der Waals surface area contributed by atoms with Gasteiger partial charge in [0.1, 0.15) is 22.8 Å². The molecule has 1 saturated carbocycles. The van der Waals surface area contributed by atoms with Crippen molar-refractivity contribution in [2.45, 2.75) is 89.4 Å². The van der Waals surface area contributed by atoms with Gasteiger partial charge in [0.15, 0.2) is 0 Å². The van der Waals surface area contributed by atoms with Crippen LogP contribution in [0.1, 0.15) is 75.7 Å². The number of piperidine rings is 1. The van der Waals surface area contributed by atoms with Gasteiger partial charge < -0.3 is 29.3 Å². The summed E-state index contributed by atoms with van der Waals surface area (Å²) in [7, 11) is 2.95. The number of para-hydroxylation sites is 1. The van der Waals surface area contributed by atoms with E-state index in [0.29, 0.717) is 43.9 Å². The number of ether oxygens (including phenoxy) is 3. The van der Waals surface area contributed by atoms with Crippen molar-refractivity contribution in [2.24, 2.45) is 0 Å². The Kier molecular flexibility index (Phi) is 11.7. The summed E-state index contributed by atoms with van der Waals surface area (Å²) in [6, 6.07) is 6.63. The highest BCUT2D eigenvalue weighted by Crippen LogP contribution is 2.30. The van der Waals surface area contributed by atoms with Crippen molar-refractivity contribution in [3.63, 3.8) is 0 Å². The minimum absolute atomic E-state index is 0.000432. The topological polar surface area (TPSA) is 110 Å². The van der Waals surface area contributed by atoms with Crippen LogP contribution in [0.25, 0.3) is 10.9 Å². The number of nitrogens with one attached hydrogen (secondary N) is 1. The van der Waals surface area contributed by atoms with Crippen LogP contribution in [0.5, 0.6) is 5.75 Å². The number of rotatable bonds is 15. The lowest BCUT2D eigenvalue weighted by Crippen LogP contribution is -2.54. The fraction of sp³-hybridized carbons (Fsp3) is 0.625. The molecule has 2 aliphatic rings. The second kappa shape index (κ2) is 15.4. The highest BCUT2D eigenvalue weighted by molar-refractivity contribution is 5.97. The second-order valence-corrected chi connectivity index (χ2v) is 11.7. The number of methoxy groups -OCH3 is 2. The standard InChI is InChI=1S/C32H45FN4O6/c1-21(2)37(32(40)27-19-28(43-18-6-17-41-3)25-7-5-8-26(33)31(25)35-27)24-10-9-22(34-20-24)15-16-36(23-11-12-23)29(38)13-14-30(39)42-4/h5,7-8,19,21-24,34H,6,9-18,20H2,1-4H3/t22-,24-/m1/s1. The van der Waals surface area contributed by atoms with E-state index in [-0.39, 0.29) is 66.0 Å². The zero-order chi connectivity index (χ0) is 30.9. The third-order valence-electron chi connectivity index (χ3n) is 8.19. The molecule has 1 aliphatic heterocycles. The Morgan fingerprint density at radius 2 is 1.84 bits per heavy atom. The molecule has 1 N–H and O–H groups in total. The highest BCUT2D eigenvalue weighted by Gasteiger charge is 2.35. The van der Waals surface area contributed by atoms with E-state index in [4.69, 9.17) is 9.47 Å². The lowest BCUT2D eigenvalue weighted by atomic mass is 9.96. The van der Waals surface area contributed by atoms with Gasteiger partial charge in [-0.25, -0.2) is 9.37 Å². The van der Waals surface area contributed by atoms with Crippen molar-refractivity contribution in [3.05, 3.63) is 35.8 Å². The maximum Gasteiger partial charge on any atom is 0.306 e. The Labute approximate surface area is 253 Å². The number of carbonyl (C=O) groups excluding carboxylic acids is 3. The van der Waals surface area contributed by atoms with Gasteiger partial charge >= 0.3 is 5.97 Å². The number of hydrogen-bond acceptors (Lipinski definition) is 8. The molecule has 0 bridgehead atoms. The molecule has 1 aromatic carbocycles. The Morgan fingerprint density at radius 3 is 2.49 bits per heavy atom. The van der Waals surface area contributed by atoms with Crippen LogP contribution in [0.2, 0.25) is 0 Å². The van der Waals surface area contributed by atoms with Crippen molar-refractivity contribution in [2.75, 3.05) is 40.5 Å². The summed E-state index contributed by atoms with van der Waals surface area (Å²) in [5.41, 5.74) is 0.266. The van der Waals surface area contributed by atoms with Gasteiger partial charge in [0.05, 0.1) is 20.1 Å². The predicted molar refractivity (Wildman–Crippen MR) is 160 cm³/mol. The molecule has 1 aromatic heterocycles. The summed E-state index contributed by atoms with van der Waals surface area (Å²) >= 11 is 0. The number of carbonyl (C=O) groups is 3. The van der Waals surface area contributed by atoms with Gasteiger partial charge in [0, 0.05) is 75.3 Å². The first-order valence-electron chi connectivity index (χ1n) is 15.4. The van der Waals surface area contributed by atoms with Crippen LogP contribution in [0.3, 0.4) is 0 Å². The Balaban J connectivity index is 1.40. The van der Waals surface area contributed by atoms with Gasteiger partial charge in [0.2, 0.25) is 5.91 Å². The van der Waals surface area contributed by atoms with Gasteiger partial charge in [-0.05, 0) is 58.1 Å². The van der Waals surface area contributed by atoms with Crippen LogP contribution >= 0.6 is 0 Å². The summed E-state index contributed by atoms with van der Waals surface area (Å²) in [4.78, 5) is 46.4. The molecule has 43 heavy (non-hydrogen) atoms. The van der Waals surface area contributed by atoms with Crippen molar-refractivity contribution >= 4 is 28.7 Å². The largest absolute Gasteiger partial charge is 0.493 e. The molecule has 11 heteroatoms. The Hall–Kier alpha value is -3.31. The summed E-state index contributed by atoms with van der Waals surface area (Å²) in [5.74, 6) is -0.710. The molecule has 0 radical (unpaired) electrons. The predicted octanol–water partition coefficient (Wildman–Crippen LogP) is 4.09. The first-order valence-corrected chi connectivity index (χ1v) is 15.4. The fourth-order valence-electron chi connectivity index (χ4n) is 5.78. The third kappa shape index (κ3) is 8.63. The Morgan fingerprint density at radius 1 is 1.07 bits per heavy atom. The molecule has 2 aromatic rings. The number of esters is 1. The van der Waals surface area contributed by atoms with E-state index in [1.54, 1.807) is 25.3 Å². The molecule has 2 atom stereocenters. The number of aromatic nitrogens is 1. The number of fused-ring (bicyclic) bond motifs is 1.